The zero-order chi connectivity index (χ0) is 20.1. The number of benzene rings is 3. The van der Waals surface area contributed by atoms with Crippen molar-refractivity contribution in [1.29, 1.82) is 0 Å². The highest BCUT2D eigenvalue weighted by Crippen LogP contribution is 2.24. The lowest BCUT2D eigenvalue weighted by Crippen LogP contribution is -1.97. The number of rotatable bonds is 6. The standard InChI is InChI=1S/C24H18ClN3O/c25-19-11-13-20(14-12-19)26-16-15-23(29)22-17-28(21-9-5-2-6-10-21)27-24(22)18-7-3-1-4-8-18/h1-17,26H/b16-15-. The van der Waals surface area contributed by atoms with Crippen molar-refractivity contribution in [2.75, 3.05) is 5.32 Å². The Bertz CT molecular complexity index is 1130. The average Bonchev–Trinajstić information content (AvgIpc) is 3.22. The third-order valence-electron chi connectivity index (χ3n) is 4.38. The number of anilines is 1. The molecular formula is C24H18ClN3O. The molecule has 1 heterocycles. The van der Waals surface area contributed by atoms with Gasteiger partial charge in [0.2, 0.25) is 0 Å². The number of carbonyl (C=O) groups is 1. The van der Waals surface area contributed by atoms with Crippen LogP contribution >= 0.6 is 11.6 Å². The molecule has 0 aliphatic heterocycles. The van der Waals surface area contributed by atoms with Gasteiger partial charge in [-0.15, -0.1) is 0 Å². The van der Waals surface area contributed by atoms with E-state index in [2.05, 4.69) is 10.4 Å². The van der Waals surface area contributed by atoms with E-state index in [1.54, 1.807) is 29.2 Å². The lowest BCUT2D eigenvalue weighted by molar-refractivity contribution is 0.104. The van der Waals surface area contributed by atoms with Gasteiger partial charge in [-0.3, -0.25) is 4.79 Å². The fraction of sp³-hybridized carbons (Fsp3) is 0. The molecule has 0 fully saturated rings. The van der Waals surface area contributed by atoms with Crippen LogP contribution in [0.5, 0.6) is 0 Å². The van der Waals surface area contributed by atoms with Crippen molar-refractivity contribution in [3.8, 4) is 16.9 Å². The predicted molar refractivity (Wildman–Crippen MR) is 118 cm³/mol. The topological polar surface area (TPSA) is 46.9 Å². The molecule has 0 aliphatic rings. The smallest absolute Gasteiger partial charge is 0.191 e. The Morgan fingerprint density at radius 2 is 1.55 bits per heavy atom. The summed E-state index contributed by atoms with van der Waals surface area (Å²) >= 11 is 5.90. The zero-order valence-corrected chi connectivity index (χ0v) is 16.3. The third kappa shape index (κ3) is 4.45. The summed E-state index contributed by atoms with van der Waals surface area (Å²) < 4.78 is 1.73. The van der Waals surface area contributed by atoms with Crippen LogP contribution in [0.15, 0.2) is 103 Å². The van der Waals surface area contributed by atoms with Crippen LogP contribution < -0.4 is 5.32 Å². The first-order chi connectivity index (χ1) is 14.2. The van der Waals surface area contributed by atoms with Crippen molar-refractivity contribution in [1.82, 2.24) is 9.78 Å². The van der Waals surface area contributed by atoms with Crippen LogP contribution in [0.25, 0.3) is 16.9 Å². The minimum atomic E-state index is -0.132. The van der Waals surface area contributed by atoms with Gasteiger partial charge in [0.05, 0.1) is 11.3 Å². The molecule has 142 valence electrons. The highest BCUT2D eigenvalue weighted by molar-refractivity contribution is 6.30. The summed E-state index contributed by atoms with van der Waals surface area (Å²) in [5, 5.41) is 8.42. The van der Waals surface area contributed by atoms with Crippen molar-refractivity contribution < 1.29 is 4.79 Å². The van der Waals surface area contributed by atoms with E-state index >= 15 is 0 Å². The second-order valence-electron chi connectivity index (χ2n) is 6.39. The van der Waals surface area contributed by atoms with E-state index in [-0.39, 0.29) is 5.78 Å². The maximum Gasteiger partial charge on any atom is 0.191 e. The maximum absolute atomic E-state index is 12.9. The van der Waals surface area contributed by atoms with Gasteiger partial charge in [0, 0.05) is 34.7 Å². The molecule has 0 bridgehead atoms. The van der Waals surface area contributed by atoms with Crippen LogP contribution in [-0.2, 0) is 0 Å². The van der Waals surface area contributed by atoms with Crippen LogP contribution in [0.3, 0.4) is 0 Å². The average molecular weight is 400 g/mol. The Morgan fingerprint density at radius 3 is 2.24 bits per heavy atom. The number of nitrogens with one attached hydrogen (secondary N) is 1. The molecule has 0 atom stereocenters. The summed E-state index contributed by atoms with van der Waals surface area (Å²) in [6.45, 7) is 0. The number of aromatic nitrogens is 2. The molecule has 4 rings (SSSR count). The molecule has 0 aliphatic carbocycles. The van der Waals surface area contributed by atoms with Crippen LogP contribution in [0, 0.1) is 0 Å². The first-order valence-electron chi connectivity index (χ1n) is 9.14. The van der Waals surface area contributed by atoms with Gasteiger partial charge in [0.15, 0.2) is 5.78 Å². The molecule has 4 nitrogen and oxygen atoms in total. The number of hydrogen-bond donors (Lipinski definition) is 1. The first-order valence-corrected chi connectivity index (χ1v) is 9.52. The molecule has 0 amide bonds. The summed E-state index contributed by atoms with van der Waals surface area (Å²) in [7, 11) is 0. The Hall–Kier alpha value is -3.63. The molecule has 29 heavy (non-hydrogen) atoms. The summed E-state index contributed by atoms with van der Waals surface area (Å²) in [5.74, 6) is -0.132. The number of hydrogen-bond acceptors (Lipinski definition) is 3. The second-order valence-corrected chi connectivity index (χ2v) is 6.82. The van der Waals surface area contributed by atoms with Crippen LogP contribution in [-0.4, -0.2) is 15.6 Å². The number of nitrogens with zero attached hydrogens (tertiary/aromatic N) is 2. The molecule has 1 N–H and O–H groups in total. The maximum atomic E-state index is 12.9. The number of allylic oxidation sites excluding steroid dienone is 1. The minimum Gasteiger partial charge on any atom is -0.362 e. The Morgan fingerprint density at radius 1 is 0.897 bits per heavy atom. The molecule has 5 heteroatoms. The monoisotopic (exact) mass is 399 g/mol. The van der Waals surface area contributed by atoms with E-state index < -0.39 is 0 Å². The molecule has 0 saturated carbocycles. The van der Waals surface area contributed by atoms with Gasteiger partial charge in [-0.2, -0.15) is 5.10 Å². The quantitative estimate of drug-likeness (QED) is 0.319. The number of ketones is 1. The molecule has 4 aromatic rings. The number of halogens is 1. The molecule has 0 unspecified atom stereocenters. The minimum absolute atomic E-state index is 0.132. The van der Waals surface area contributed by atoms with Gasteiger partial charge >= 0.3 is 0 Å². The van der Waals surface area contributed by atoms with Gasteiger partial charge < -0.3 is 5.32 Å². The van der Waals surface area contributed by atoms with E-state index in [1.807, 2.05) is 72.8 Å². The van der Waals surface area contributed by atoms with E-state index in [9.17, 15) is 4.79 Å². The molecule has 0 spiro atoms. The fourth-order valence-corrected chi connectivity index (χ4v) is 3.05. The van der Waals surface area contributed by atoms with E-state index in [1.165, 1.54) is 6.08 Å². The highest BCUT2D eigenvalue weighted by Gasteiger charge is 2.16. The lowest BCUT2D eigenvalue weighted by atomic mass is 10.1. The first kappa shape index (κ1) is 18.7. The Labute approximate surface area is 174 Å². The van der Waals surface area contributed by atoms with Crippen molar-refractivity contribution in [3.05, 3.63) is 114 Å². The largest absolute Gasteiger partial charge is 0.362 e. The van der Waals surface area contributed by atoms with E-state index in [4.69, 9.17) is 11.6 Å². The molecule has 0 saturated heterocycles. The summed E-state index contributed by atoms with van der Waals surface area (Å²) in [4.78, 5) is 12.9. The SMILES string of the molecule is O=C(/C=C\Nc1ccc(Cl)cc1)c1cn(-c2ccccc2)nc1-c1ccccc1. The third-order valence-corrected chi connectivity index (χ3v) is 4.63. The number of carbonyl (C=O) groups excluding carboxylic acids is 1. The van der Waals surface area contributed by atoms with E-state index in [0.717, 1.165) is 16.9 Å². The van der Waals surface area contributed by atoms with Crippen LogP contribution in [0.4, 0.5) is 5.69 Å². The van der Waals surface area contributed by atoms with Gasteiger partial charge in [0.25, 0.3) is 0 Å². The van der Waals surface area contributed by atoms with Crippen molar-refractivity contribution in [2.24, 2.45) is 0 Å². The Kier molecular flexibility index (Phi) is 5.54. The van der Waals surface area contributed by atoms with Crippen molar-refractivity contribution in [2.45, 2.75) is 0 Å². The lowest BCUT2D eigenvalue weighted by Gasteiger charge is -2.01. The highest BCUT2D eigenvalue weighted by atomic mass is 35.5. The molecular weight excluding hydrogens is 382 g/mol. The van der Waals surface area contributed by atoms with Gasteiger partial charge in [-0.05, 0) is 36.4 Å². The normalized spacial score (nSPS) is 10.9. The molecule has 0 radical (unpaired) electrons. The molecule has 3 aromatic carbocycles. The van der Waals surface area contributed by atoms with Crippen molar-refractivity contribution in [3.63, 3.8) is 0 Å². The second kappa shape index (κ2) is 8.59. The van der Waals surface area contributed by atoms with Gasteiger partial charge in [0.1, 0.15) is 5.69 Å². The van der Waals surface area contributed by atoms with Gasteiger partial charge in [-0.25, -0.2) is 4.68 Å². The van der Waals surface area contributed by atoms with Crippen LogP contribution in [0.1, 0.15) is 10.4 Å². The summed E-state index contributed by atoms with van der Waals surface area (Å²) in [6, 6.07) is 26.7. The number of para-hydroxylation sites is 1. The summed E-state index contributed by atoms with van der Waals surface area (Å²) in [6.07, 6.45) is 4.90. The predicted octanol–water partition coefficient (Wildman–Crippen LogP) is 6.00. The van der Waals surface area contributed by atoms with Gasteiger partial charge in [-0.1, -0.05) is 60.1 Å². The van der Waals surface area contributed by atoms with Crippen LogP contribution in [0.2, 0.25) is 5.02 Å². The summed E-state index contributed by atoms with van der Waals surface area (Å²) in [5.41, 5.74) is 3.82. The fourth-order valence-electron chi connectivity index (χ4n) is 2.93. The van der Waals surface area contributed by atoms with E-state index in [0.29, 0.717) is 16.3 Å². The Balaban J connectivity index is 1.64. The molecule has 1 aromatic heterocycles. The zero-order valence-electron chi connectivity index (χ0n) is 15.5. The van der Waals surface area contributed by atoms with Crippen molar-refractivity contribution >= 4 is 23.1 Å².